The van der Waals surface area contributed by atoms with Crippen LogP contribution in [0.1, 0.15) is 6.92 Å². The van der Waals surface area contributed by atoms with Crippen molar-refractivity contribution in [2.24, 2.45) is 0 Å². The van der Waals surface area contributed by atoms with Crippen molar-refractivity contribution in [1.29, 1.82) is 0 Å². The molecule has 0 aliphatic rings. The molecule has 0 fully saturated rings. The standard InChI is InChI=1S/C15H21FO3Si/c1-5-18-15(17)13(11-20(2,3)4)14(16)19-12-9-7-6-8-10-12/h6-10H,5,11H2,1-4H3/b14-13-. The summed E-state index contributed by atoms with van der Waals surface area (Å²) in [6, 6.07) is 8.08. The molecule has 20 heavy (non-hydrogen) atoms. The molecule has 0 heterocycles. The lowest BCUT2D eigenvalue weighted by molar-refractivity contribution is -0.138. The number of rotatable bonds is 6. The number of carbonyl (C=O) groups excluding carboxylic acids is 1. The van der Waals surface area contributed by atoms with Crippen LogP contribution in [0.15, 0.2) is 41.9 Å². The fraction of sp³-hybridized carbons (Fsp3) is 0.400. The van der Waals surface area contributed by atoms with E-state index in [1.165, 1.54) is 0 Å². The van der Waals surface area contributed by atoms with Crippen LogP contribution in [-0.4, -0.2) is 20.7 Å². The second kappa shape index (κ2) is 7.24. The van der Waals surface area contributed by atoms with E-state index in [9.17, 15) is 9.18 Å². The minimum absolute atomic E-state index is 0.00475. The van der Waals surface area contributed by atoms with E-state index >= 15 is 0 Å². The van der Waals surface area contributed by atoms with Crippen molar-refractivity contribution in [3.63, 3.8) is 0 Å². The van der Waals surface area contributed by atoms with E-state index in [2.05, 4.69) is 19.6 Å². The first-order valence-electron chi connectivity index (χ1n) is 6.62. The Labute approximate surface area is 120 Å². The van der Waals surface area contributed by atoms with E-state index in [1.807, 2.05) is 6.07 Å². The Morgan fingerprint density at radius 3 is 2.30 bits per heavy atom. The molecule has 0 aliphatic carbocycles. The maximum atomic E-state index is 14.2. The molecule has 0 unspecified atom stereocenters. The lowest BCUT2D eigenvalue weighted by Crippen LogP contribution is -2.24. The second-order valence-electron chi connectivity index (χ2n) is 5.63. The molecule has 0 radical (unpaired) electrons. The highest BCUT2D eigenvalue weighted by Crippen LogP contribution is 2.24. The smallest absolute Gasteiger partial charge is 0.340 e. The molecule has 110 valence electrons. The Morgan fingerprint density at radius 1 is 1.20 bits per heavy atom. The summed E-state index contributed by atoms with van der Waals surface area (Å²) in [7, 11) is -1.67. The fourth-order valence-electron chi connectivity index (χ4n) is 1.62. The van der Waals surface area contributed by atoms with Gasteiger partial charge in [-0.05, 0) is 25.1 Å². The minimum Gasteiger partial charge on any atom is -0.462 e. The third-order valence-corrected chi connectivity index (χ3v) is 3.83. The first-order valence-corrected chi connectivity index (χ1v) is 10.3. The number of hydrogen-bond acceptors (Lipinski definition) is 3. The van der Waals surface area contributed by atoms with Crippen LogP contribution >= 0.6 is 0 Å². The summed E-state index contributed by atoms with van der Waals surface area (Å²) in [4.78, 5) is 11.9. The summed E-state index contributed by atoms with van der Waals surface area (Å²) in [5.41, 5.74) is -0.00475. The summed E-state index contributed by atoms with van der Waals surface area (Å²) in [6.07, 6.45) is 0. The van der Waals surface area contributed by atoms with Gasteiger partial charge in [-0.15, -0.1) is 0 Å². The molecule has 0 bridgehead atoms. The highest BCUT2D eigenvalue weighted by atomic mass is 28.3. The van der Waals surface area contributed by atoms with Crippen LogP contribution in [0.5, 0.6) is 5.75 Å². The van der Waals surface area contributed by atoms with Crippen molar-refractivity contribution in [2.45, 2.75) is 32.6 Å². The molecule has 1 rings (SSSR count). The number of halogens is 1. The van der Waals surface area contributed by atoms with Gasteiger partial charge < -0.3 is 9.47 Å². The van der Waals surface area contributed by atoms with Crippen LogP contribution in [0, 0.1) is 0 Å². The van der Waals surface area contributed by atoms with E-state index in [0.717, 1.165) is 0 Å². The summed E-state index contributed by atoms with van der Waals surface area (Å²) < 4.78 is 24.3. The molecule has 1 aromatic rings. The SMILES string of the molecule is CCOC(=O)/C(C[Si](C)(C)C)=C(/F)Oc1ccccc1. The van der Waals surface area contributed by atoms with Gasteiger partial charge in [0, 0.05) is 8.07 Å². The Bertz CT molecular complexity index is 478. The summed E-state index contributed by atoms with van der Waals surface area (Å²) in [6.45, 7) is 8.08. The second-order valence-corrected chi connectivity index (χ2v) is 11.1. The molecule has 0 spiro atoms. The van der Waals surface area contributed by atoms with E-state index < -0.39 is 20.1 Å². The first kappa shape index (κ1) is 16.4. The van der Waals surface area contributed by atoms with E-state index in [4.69, 9.17) is 9.47 Å². The van der Waals surface area contributed by atoms with Gasteiger partial charge in [-0.25, -0.2) is 4.79 Å². The van der Waals surface area contributed by atoms with Gasteiger partial charge >= 0.3 is 5.97 Å². The average molecular weight is 296 g/mol. The van der Waals surface area contributed by atoms with Gasteiger partial charge in [0.2, 0.25) is 0 Å². The van der Waals surface area contributed by atoms with Crippen molar-refractivity contribution in [1.82, 2.24) is 0 Å². The Balaban J connectivity index is 2.99. The molecule has 0 atom stereocenters. The monoisotopic (exact) mass is 296 g/mol. The zero-order chi connectivity index (χ0) is 15.2. The highest BCUT2D eigenvalue weighted by Gasteiger charge is 2.26. The highest BCUT2D eigenvalue weighted by molar-refractivity contribution is 6.77. The lowest BCUT2D eigenvalue weighted by Gasteiger charge is -2.18. The molecule has 1 aromatic carbocycles. The third-order valence-electron chi connectivity index (χ3n) is 2.42. The van der Waals surface area contributed by atoms with Crippen molar-refractivity contribution < 1.29 is 18.7 Å². The zero-order valence-electron chi connectivity index (χ0n) is 12.4. The van der Waals surface area contributed by atoms with Crippen molar-refractivity contribution in [2.75, 3.05) is 6.61 Å². The molecule has 0 N–H and O–H groups in total. The van der Waals surface area contributed by atoms with Crippen LogP contribution in [0.4, 0.5) is 4.39 Å². The van der Waals surface area contributed by atoms with Crippen molar-refractivity contribution >= 4 is 14.0 Å². The normalized spacial score (nSPS) is 12.7. The van der Waals surface area contributed by atoms with Crippen molar-refractivity contribution in [3.05, 3.63) is 41.9 Å². The molecule has 3 nitrogen and oxygen atoms in total. The van der Waals surface area contributed by atoms with E-state index in [0.29, 0.717) is 11.8 Å². The van der Waals surface area contributed by atoms with Crippen molar-refractivity contribution in [3.8, 4) is 5.75 Å². The number of benzene rings is 1. The fourth-order valence-corrected chi connectivity index (χ4v) is 2.97. The first-order chi connectivity index (χ1) is 9.33. The minimum atomic E-state index is -1.67. The van der Waals surface area contributed by atoms with Crippen LogP contribution in [0.2, 0.25) is 25.7 Å². The van der Waals surface area contributed by atoms with E-state index in [-0.39, 0.29) is 12.2 Å². The summed E-state index contributed by atoms with van der Waals surface area (Å²) >= 11 is 0. The van der Waals surface area contributed by atoms with Gasteiger partial charge in [-0.2, -0.15) is 4.39 Å². The molecule has 0 aromatic heterocycles. The van der Waals surface area contributed by atoms with Crippen LogP contribution in [-0.2, 0) is 9.53 Å². The van der Waals surface area contributed by atoms with E-state index in [1.54, 1.807) is 31.2 Å². The number of hydrogen-bond donors (Lipinski definition) is 0. The maximum absolute atomic E-state index is 14.2. The lowest BCUT2D eigenvalue weighted by atomic mass is 10.3. The molecular formula is C15H21FO3Si. The van der Waals surface area contributed by atoms with Crippen LogP contribution in [0.3, 0.4) is 0 Å². The van der Waals surface area contributed by atoms with Crippen LogP contribution in [0.25, 0.3) is 0 Å². The van der Waals surface area contributed by atoms with Gasteiger partial charge in [0.25, 0.3) is 6.01 Å². The number of carbonyl (C=O) groups is 1. The molecule has 5 heteroatoms. The van der Waals surface area contributed by atoms with Gasteiger partial charge in [0.15, 0.2) is 0 Å². The Kier molecular flexibility index (Phi) is 5.95. The van der Waals surface area contributed by atoms with Crippen LogP contribution < -0.4 is 4.74 Å². The third kappa shape index (κ3) is 5.57. The molecule has 0 saturated carbocycles. The molecular weight excluding hydrogens is 275 g/mol. The number of ether oxygens (including phenoxy) is 2. The molecule has 0 saturated heterocycles. The Morgan fingerprint density at radius 2 is 1.80 bits per heavy atom. The van der Waals surface area contributed by atoms with Gasteiger partial charge in [-0.3, -0.25) is 0 Å². The Hall–Kier alpha value is -1.62. The predicted molar refractivity (Wildman–Crippen MR) is 80.0 cm³/mol. The van der Waals surface area contributed by atoms with Gasteiger partial charge in [0.1, 0.15) is 11.3 Å². The summed E-state index contributed by atoms with van der Waals surface area (Å²) in [5.74, 6) is -0.272. The average Bonchev–Trinajstić information content (AvgIpc) is 2.36. The molecule has 0 aliphatic heterocycles. The zero-order valence-corrected chi connectivity index (χ0v) is 13.4. The number of esters is 1. The van der Waals surface area contributed by atoms with Gasteiger partial charge in [-0.1, -0.05) is 37.8 Å². The summed E-state index contributed by atoms with van der Waals surface area (Å²) in [5, 5.41) is 0. The molecule has 0 amide bonds. The quantitative estimate of drug-likeness (QED) is 0.342. The largest absolute Gasteiger partial charge is 0.462 e. The topological polar surface area (TPSA) is 35.5 Å². The maximum Gasteiger partial charge on any atom is 0.340 e. The van der Waals surface area contributed by atoms with Gasteiger partial charge in [0.05, 0.1) is 6.61 Å². The predicted octanol–water partition coefficient (Wildman–Crippen LogP) is 4.15. The number of para-hydroxylation sites is 1.